The Hall–Kier alpha value is -1.90. The first-order valence-electron chi connectivity index (χ1n) is 15.6. The van der Waals surface area contributed by atoms with E-state index >= 15 is 0 Å². The lowest BCUT2D eigenvalue weighted by molar-refractivity contribution is -0.321. The third-order valence-corrected chi connectivity index (χ3v) is 9.14. The van der Waals surface area contributed by atoms with E-state index in [2.05, 4.69) is 15.6 Å². The number of rotatable bonds is 13. The number of aliphatic hydroxyl groups excluding tert-OH is 6. The Morgan fingerprint density at radius 1 is 0.915 bits per heavy atom. The predicted molar refractivity (Wildman–Crippen MR) is 160 cm³/mol. The van der Waals surface area contributed by atoms with Crippen LogP contribution < -0.4 is 45.0 Å². The Morgan fingerprint density at radius 3 is 2.19 bits per heavy atom. The molecular formula is C26H51N9O12. The van der Waals surface area contributed by atoms with Gasteiger partial charge in [0.25, 0.3) is 5.91 Å². The predicted octanol–water partition coefficient (Wildman–Crippen LogP) is -9.41. The Bertz CT molecular complexity index is 1080. The molecule has 4 rings (SSSR count). The normalized spacial score (nSPS) is 46.9. The van der Waals surface area contributed by atoms with Gasteiger partial charge in [0.15, 0.2) is 24.1 Å². The van der Waals surface area contributed by atoms with Crippen molar-refractivity contribution in [2.24, 2.45) is 39.4 Å². The smallest absolute Gasteiger partial charge is 0.254 e. The second-order valence-electron chi connectivity index (χ2n) is 12.5. The standard InChI is InChI=1S/C26H51N9O12/c27-2-1-3-33-14-18(40)16(38)10(6-28)44-22(14)46-20-8(29)4-9(34-24(42)26(43)5-12(26)35-25(31)32)21(19(20)41)47-23-17(39)13(30)15(37)11(7-36)45-23/h8-23,33,36-41,43H,1-7,27-30H2,(H,34,42)(H4,31,32,35)/t8-,9+,10+,11+,12?,13-,14+,15+,16+,17+,18+,19-,20+,21-,22+,23+,26?/m0/s1. The molecule has 0 aromatic rings. The number of aliphatic hydroxyl groups is 7. The molecule has 0 aromatic carbocycles. The summed E-state index contributed by atoms with van der Waals surface area (Å²) in [5.41, 5.74) is 32.6. The van der Waals surface area contributed by atoms with Crippen molar-refractivity contribution in [3.8, 4) is 0 Å². The molecule has 2 saturated heterocycles. The minimum Gasteiger partial charge on any atom is -0.394 e. The first kappa shape index (κ1) is 37.9. The molecule has 0 bridgehead atoms. The van der Waals surface area contributed by atoms with E-state index in [1.54, 1.807) is 0 Å². The van der Waals surface area contributed by atoms with Crippen LogP contribution in [0, 0.1) is 0 Å². The molecule has 1 amide bonds. The molecule has 4 fully saturated rings. The molecule has 2 heterocycles. The monoisotopic (exact) mass is 681 g/mol. The Kier molecular flexibility index (Phi) is 12.7. The van der Waals surface area contributed by atoms with Crippen LogP contribution in [-0.2, 0) is 23.7 Å². The number of aliphatic imine (C=N–C) groups is 1. The van der Waals surface area contributed by atoms with Crippen LogP contribution in [0.25, 0.3) is 0 Å². The number of hydrogen-bond acceptors (Lipinski definition) is 18. The summed E-state index contributed by atoms with van der Waals surface area (Å²) in [5.74, 6) is -1.22. The summed E-state index contributed by atoms with van der Waals surface area (Å²) in [6.45, 7) is -0.202. The van der Waals surface area contributed by atoms with Gasteiger partial charge in [-0.25, -0.2) is 4.99 Å². The lowest BCUT2D eigenvalue weighted by Crippen LogP contribution is -2.70. The van der Waals surface area contributed by atoms with Gasteiger partial charge in [-0.15, -0.1) is 0 Å². The maximum absolute atomic E-state index is 13.2. The summed E-state index contributed by atoms with van der Waals surface area (Å²) < 4.78 is 23.6. The van der Waals surface area contributed by atoms with Gasteiger partial charge in [0.05, 0.1) is 30.8 Å². The number of nitrogens with zero attached hydrogens (tertiary/aromatic N) is 1. The van der Waals surface area contributed by atoms with Crippen molar-refractivity contribution in [1.82, 2.24) is 10.6 Å². The van der Waals surface area contributed by atoms with Crippen molar-refractivity contribution in [3.63, 3.8) is 0 Å². The number of amides is 1. The van der Waals surface area contributed by atoms with Gasteiger partial charge >= 0.3 is 0 Å². The molecule has 21 heteroatoms. The molecule has 0 aromatic heterocycles. The van der Waals surface area contributed by atoms with E-state index in [9.17, 15) is 40.5 Å². The van der Waals surface area contributed by atoms with Crippen LogP contribution in [0.5, 0.6) is 0 Å². The van der Waals surface area contributed by atoms with Crippen LogP contribution in [0.4, 0.5) is 0 Å². The van der Waals surface area contributed by atoms with Crippen molar-refractivity contribution < 1.29 is 59.5 Å². The molecule has 21 nitrogen and oxygen atoms in total. The summed E-state index contributed by atoms with van der Waals surface area (Å²) in [5, 5.41) is 80.3. The molecule has 4 aliphatic rings. The number of guanidine groups is 1. The highest BCUT2D eigenvalue weighted by Crippen LogP contribution is 2.40. The molecule has 2 saturated carbocycles. The highest BCUT2D eigenvalue weighted by molar-refractivity contribution is 5.90. The average Bonchev–Trinajstić information content (AvgIpc) is 3.69. The first-order valence-corrected chi connectivity index (χ1v) is 15.6. The van der Waals surface area contributed by atoms with Gasteiger partial charge in [0, 0.05) is 19.0 Å². The zero-order valence-corrected chi connectivity index (χ0v) is 25.8. The van der Waals surface area contributed by atoms with Gasteiger partial charge in [0.1, 0.15) is 54.9 Å². The van der Waals surface area contributed by atoms with Crippen LogP contribution in [0.15, 0.2) is 4.99 Å². The zero-order chi connectivity index (χ0) is 34.8. The van der Waals surface area contributed by atoms with Gasteiger partial charge in [0.2, 0.25) is 0 Å². The molecule has 2 unspecified atom stereocenters. The van der Waals surface area contributed by atoms with Gasteiger partial charge in [-0.05, 0) is 25.9 Å². The molecule has 17 atom stereocenters. The molecule has 0 spiro atoms. The molecular weight excluding hydrogens is 630 g/mol. The second kappa shape index (κ2) is 15.8. The highest BCUT2D eigenvalue weighted by atomic mass is 16.7. The zero-order valence-electron chi connectivity index (χ0n) is 25.8. The summed E-state index contributed by atoms with van der Waals surface area (Å²) >= 11 is 0. The molecule has 0 radical (unpaired) electrons. The third-order valence-electron chi connectivity index (χ3n) is 9.14. The van der Waals surface area contributed by atoms with Crippen molar-refractivity contribution >= 4 is 11.9 Å². The fraction of sp³-hybridized carbons (Fsp3) is 0.923. The van der Waals surface area contributed by atoms with Crippen LogP contribution in [-0.4, -0.2) is 177 Å². The van der Waals surface area contributed by atoms with Crippen molar-refractivity contribution in [2.75, 3.05) is 26.2 Å². The molecule has 47 heavy (non-hydrogen) atoms. The Morgan fingerprint density at radius 2 is 1.57 bits per heavy atom. The van der Waals surface area contributed by atoms with Gasteiger partial charge in [-0.2, -0.15) is 0 Å². The van der Waals surface area contributed by atoms with E-state index in [0.717, 1.165) is 0 Å². The number of carbonyl (C=O) groups excluding carboxylic acids is 1. The van der Waals surface area contributed by atoms with E-state index in [-0.39, 0.29) is 25.3 Å². The van der Waals surface area contributed by atoms with E-state index < -0.39 is 116 Å². The minimum absolute atomic E-state index is 0.0846. The molecule has 21 N–H and O–H groups in total. The van der Waals surface area contributed by atoms with Gasteiger partial charge in [-0.3, -0.25) is 4.79 Å². The van der Waals surface area contributed by atoms with Crippen LogP contribution >= 0.6 is 0 Å². The fourth-order valence-corrected chi connectivity index (χ4v) is 6.21. The van der Waals surface area contributed by atoms with Crippen molar-refractivity contribution in [3.05, 3.63) is 0 Å². The van der Waals surface area contributed by atoms with Crippen molar-refractivity contribution in [1.29, 1.82) is 0 Å². The SMILES string of the molecule is NCCCN[C@H]1[C@@H](O[C@H]2[C@H](O)[C@@H](O[C@H]3O[C@H](CO)[C@@H](O)[C@H](N)[C@H]3O)[C@H](NC(=O)C3(O)CC3N=C(N)N)C[C@@H]2N)O[C@H](CN)[C@@H](O)[C@@H]1O. The van der Waals surface area contributed by atoms with Gasteiger partial charge in [-0.1, -0.05) is 0 Å². The van der Waals surface area contributed by atoms with E-state index in [4.69, 9.17) is 53.3 Å². The summed E-state index contributed by atoms with van der Waals surface area (Å²) in [4.78, 5) is 17.0. The average molecular weight is 682 g/mol. The number of ether oxygens (including phenoxy) is 4. The third kappa shape index (κ3) is 8.12. The summed E-state index contributed by atoms with van der Waals surface area (Å²) in [6, 6.07) is -5.42. The maximum atomic E-state index is 13.2. The molecule has 2 aliphatic carbocycles. The van der Waals surface area contributed by atoms with Crippen LogP contribution in [0.2, 0.25) is 0 Å². The topological polar surface area (TPSA) is 388 Å². The van der Waals surface area contributed by atoms with E-state index in [0.29, 0.717) is 19.5 Å². The first-order chi connectivity index (χ1) is 22.2. The highest BCUT2D eigenvalue weighted by Gasteiger charge is 2.61. The Balaban J connectivity index is 1.59. The fourth-order valence-electron chi connectivity index (χ4n) is 6.21. The van der Waals surface area contributed by atoms with Crippen LogP contribution in [0.3, 0.4) is 0 Å². The minimum atomic E-state index is -1.96. The summed E-state index contributed by atoms with van der Waals surface area (Å²) in [6.07, 6.45) is -15.3. The lowest BCUT2D eigenvalue weighted by atomic mass is 9.83. The van der Waals surface area contributed by atoms with E-state index in [1.807, 2.05) is 0 Å². The number of hydrogen-bond donors (Lipinski definition) is 15. The maximum Gasteiger partial charge on any atom is 0.254 e. The number of carbonyl (C=O) groups is 1. The van der Waals surface area contributed by atoms with Crippen LogP contribution in [0.1, 0.15) is 19.3 Å². The Labute approximate surface area is 270 Å². The number of nitrogens with one attached hydrogen (secondary N) is 2. The largest absolute Gasteiger partial charge is 0.394 e. The number of nitrogens with two attached hydrogens (primary N) is 6. The van der Waals surface area contributed by atoms with Gasteiger partial charge < -0.3 is 99.7 Å². The molecule has 272 valence electrons. The molecule has 2 aliphatic heterocycles. The summed E-state index contributed by atoms with van der Waals surface area (Å²) in [7, 11) is 0. The second-order valence-corrected chi connectivity index (χ2v) is 12.5. The van der Waals surface area contributed by atoms with E-state index in [1.165, 1.54) is 0 Å². The van der Waals surface area contributed by atoms with Crippen molar-refractivity contribution in [2.45, 2.75) is 123 Å². The quantitative estimate of drug-likeness (QED) is 0.0487. The lowest BCUT2D eigenvalue weighted by Gasteiger charge is -2.49.